The van der Waals surface area contributed by atoms with Gasteiger partial charge in [-0.05, 0) is 59.8 Å². The Morgan fingerprint density at radius 2 is 1.96 bits per heavy atom. The molecule has 2 aromatic carbocycles. The first-order chi connectivity index (χ1) is 12.2. The fraction of sp³-hybridized carbons (Fsp3) is 0.158. The van der Waals surface area contributed by atoms with Gasteiger partial charge < -0.3 is 9.88 Å². The van der Waals surface area contributed by atoms with Gasteiger partial charge in [0.15, 0.2) is 0 Å². The van der Waals surface area contributed by atoms with Gasteiger partial charge in [-0.3, -0.25) is 4.79 Å². The Bertz CT molecular complexity index is 899. The van der Waals surface area contributed by atoms with Gasteiger partial charge in [0, 0.05) is 38.5 Å². The molecule has 0 unspecified atom stereocenters. The van der Waals surface area contributed by atoms with Gasteiger partial charge in [0.2, 0.25) is 0 Å². The molecule has 5 nitrogen and oxygen atoms in total. The summed E-state index contributed by atoms with van der Waals surface area (Å²) in [6, 6.07) is 16.0. The predicted molar refractivity (Wildman–Crippen MR) is 111 cm³/mol. The summed E-state index contributed by atoms with van der Waals surface area (Å²) < 4.78 is 3.32. The van der Waals surface area contributed by atoms with Crippen molar-refractivity contribution in [2.45, 2.75) is 13.5 Å². The highest BCUT2D eigenvalue weighted by molar-refractivity contribution is 14.1. The number of hydrogen-bond donors (Lipinski definition) is 2. The van der Waals surface area contributed by atoms with Crippen LogP contribution in [0.2, 0.25) is 0 Å². The lowest BCUT2D eigenvalue weighted by molar-refractivity contribution is -0.119. The average Bonchev–Trinajstić information content (AvgIpc) is 2.99. The molecular formula is C19H19IN4O. The average molecular weight is 446 g/mol. The molecule has 0 bridgehead atoms. The van der Waals surface area contributed by atoms with E-state index < -0.39 is 0 Å². The van der Waals surface area contributed by atoms with Gasteiger partial charge in [-0.1, -0.05) is 18.2 Å². The van der Waals surface area contributed by atoms with E-state index in [-0.39, 0.29) is 12.5 Å². The maximum atomic E-state index is 11.9. The third kappa shape index (κ3) is 4.39. The van der Waals surface area contributed by atoms with Crippen LogP contribution in [-0.2, 0) is 11.3 Å². The van der Waals surface area contributed by atoms with Crippen LogP contribution in [0.25, 0.3) is 10.9 Å². The summed E-state index contributed by atoms with van der Waals surface area (Å²) in [7, 11) is 0. The van der Waals surface area contributed by atoms with Crippen LogP contribution in [0.1, 0.15) is 12.5 Å². The normalized spacial score (nSPS) is 11.1. The van der Waals surface area contributed by atoms with E-state index in [0.29, 0.717) is 0 Å². The molecule has 0 fully saturated rings. The van der Waals surface area contributed by atoms with Crippen LogP contribution >= 0.6 is 22.6 Å². The Balaban J connectivity index is 1.59. The van der Waals surface area contributed by atoms with Crippen molar-refractivity contribution in [1.82, 2.24) is 9.99 Å². The first-order valence-electron chi connectivity index (χ1n) is 8.06. The molecule has 25 heavy (non-hydrogen) atoms. The minimum atomic E-state index is -0.186. The zero-order valence-corrected chi connectivity index (χ0v) is 16.0. The number of hydrogen-bond acceptors (Lipinski definition) is 3. The first-order valence-corrected chi connectivity index (χ1v) is 9.14. The van der Waals surface area contributed by atoms with Crippen molar-refractivity contribution in [3.05, 3.63) is 63.9 Å². The van der Waals surface area contributed by atoms with Gasteiger partial charge >= 0.3 is 0 Å². The quantitative estimate of drug-likeness (QED) is 0.344. The highest BCUT2D eigenvalue weighted by Crippen LogP contribution is 2.19. The lowest BCUT2D eigenvalue weighted by atomic mass is 10.2. The zero-order valence-electron chi connectivity index (χ0n) is 13.9. The molecule has 2 N–H and O–H groups in total. The topological polar surface area (TPSA) is 58.4 Å². The zero-order chi connectivity index (χ0) is 17.6. The summed E-state index contributed by atoms with van der Waals surface area (Å²) in [4.78, 5) is 11.9. The number of halogens is 1. The summed E-state index contributed by atoms with van der Waals surface area (Å²) in [5.41, 5.74) is 5.62. The minimum Gasteiger partial charge on any atom is -0.376 e. The molecular weight excluding hydrogens is 427 g/mol. The molecule has 1 aromatic heterocycles. The van der Waals surface area contributed by atoms with Crippen molar-refractivity contribution in [3.63, 3.8) is 0 Å². The third-order valence-corrected chi connectivity index (χ3v) is 4.57. The fourth-order valence-electron chi connectivity index (χ4n) is 2.60. The van der Waals surface area contributed by atoms with Crippen LogP contribution in [0.15, 0.2) is 59.8 Å². The van der Waals surface area contributed by atoms with Crippen molar-refractivity contribution in [3.8, 4) is 0 Å². The Labute approximate surface area is 160 Å². The molecule has 0 aliphatic heterocycles. The van der Waals surface area contributed by atoms with Crippen LogP contribution < -0.4 is 10.7 Å². The molecule has 3 aromatic rings. The molecule has 0 aliphatic rings. The largest absolute Gasteiger partial charge is 0.376 e. The number of nitrogens with one attached hydrogen (secondary N) is 2. The van der Waals surface area contributed by atoms with E-state index in [0.717, 1.165) is 32.3 Å². The lowest BCUT2D eigenvalue weighted by Crippen LogP contribution is -2.25. The Kier molecular flexibility index (Phi) is 5.70. The van der Waals surface area contributed by atoms with E-state index in [9.17, 15) is 4.79 Å². The van der Waals surface area contributed by atoms with Crippen molar-refractivity contribution in [1.29, 1.82) is 0 Å². The molecule has 1 heterocycles. The fourth-order valence-corrected chi connectivity index (χ4v) is 2.96. The molecule has 3 rings (SSSR count). The Morgan fingerprint density at radius 1 is 1.20 bits per heavy atom. The second-order valence-corrected chi connectivity index (χ2v) is 6.79. The molecule has 128 valence electrons. The second-order valence-electron chi connectivity index (χ2n) is 5.54. The number of anilines is 1. The number of benzene rings is 2. The van der Waals surface area contributed by atoms with E-state index in [1.807, 2.05) is 42.6 Å². The Hall–Kier alpha value is -2.35. The molecule has 0 saturated carbocycles. The second kappa shape index (κ2) is 8.15. The van der Waals surface area contributed by atoms with E-state index in [1.165, 1.54) is 0 Å². The van der Waals surface area contributed by atoms with Gasteiger partial charge in [-0.2, -0.15) is 5.10 Å². The van der Waals surface area contributed by atoms with Crippen LogP contribution in [0.5, 0.6) is 0 Å². The number of carbonyl (C=O) groups is 1. The number of aryl methyl sites for hydroxylation is 1. The maximum Gasteiger partial charge on any atom is 0.259 e. The highest BCUT2D eigenvalue weighted by atomic mass is 127. The third-order valence-electron chi connectivity index (χ3n) is 3.85. The van der Waals surface area contributed by atoms with Crippen LogP contribution in [0.3, 0.4) is 0 Å². The number of fused-ring (bicyclic) bond motifs is 1. The molecule has 0 radical (unpaired) electrons. The van der Waals surface area contributed by atoms with Crippen LogP contribution in [0, 0.1) is 3.57 Å². The number of aromatic nitrogens is 1. The number of hydrazone groups is 1. The maximum absolute atomic E-state index is 11.9. The van der Waals surface area contributed by atoms with Crippen molar-refractivity contribution in [2.24, 2.45) is 5.10 Å². The van der Waals surface area contributed by atoms with Crippen molar-refractivity contribution >= 4 is 51.3 Å². The lowest BCUT2D eigenvalue weighted by Gasteiger charge is -2.04. The Morgan fingerprint density at radius 3 is 2.72 bits per heavy atom. The summed E-state index contributed by atoms with van der Waals surface area (Å²) in [6.45, 7) is 3.17. The molecule has 0 aliphatic carbocycles. The smallest absolute Gasteiger partial charge is 0.259 e. The predicted octanol–water partition coefficient (Wildman–Crippen LogP) is 3.83. The number of amides is 1. The van der Waals surface area contributed by atoms with Crippen molar-refractivity contribution < 1.29 is 4.79 Å². The van der Waals surface area contributed by atoms with Gasteiger partial charge in [-0.25, -0.2) is 5.43 Å². The number of nitrogens with zero attached hydrogens (tertiary/aromatic N) is 2. The molecule has 6 heteroatoms. The minimum absolute atomic E-state index is 0.175. The summed E-state index contributed by atoms with van der Waals surface area (Å²) in [5.74, 6) is -0.186. The van der Waals surface area contributed by atoms with Crippen molar-refractivity contribution in [2.75, 3.05) is 11.9 Å². The van der Waals surface area contributed by atoms with Crippen LogP contribution in [-0.4, -0.2) is 23.2 Å². The van der Waals surface area contributed by atoms with E-state index in [2.05, 4.69) is 62.1 Å². The molecule has 0 atom stereocenters. The van der Waals surface area contributed by atoms with Gasteiger partial charge in [0.1, 0.15) is 0 Å². The number of carbonyl (C=O) groups excluding carboxylic acids is 1. The SMILES string of the molecule is CCn1cc(/C=N/NC(=O)CNc2ccc(I)cc2)c2ccccc21. The van der Waals surface area contributed by atoms with Gasteiger partial charge in [0.25, 0.3) is 5.91 Å². The monoisotopic (exact) mass is 446 g/mol. The molecule has 1 amide bonds. The van der Waals surface area contributed by atoms with E-state index in [4.69, 9.17) is 0 Å². The number of para-hydroxylation sites is 1. The van der Waals surface area contributed by atoms with E-state index >= 15 is 0 Å². The molecule has 0 spiro atoms. The standard InChI is InChI=1S/C19H19IN4O/c1-2-24-13-14(17-5-3-4-6-18(17)24)11-22-23-19(25)12-21-16-9-7-15(20)8-10-16/h3-11,13,21H,2,12H2,1H3,(H,23,25)/b22-11+. The number of rotatable bonds is 6. The molecule has 0 saturated heterocycles. The van der Waals surface area contributed by atoms with Gasteiger partial charge in [-0.15, -0.1) is 0 Å². The van der Waals surface area contributed by atoms with Gasteiger partial charge in [0.05, 0.1) is 12.8 Å². The summed E-state index contributed by atoms with van der Waals surface area (Å²) in [6.07, 6.45) is 3.74. The van der Waals surface area contributed by atoms with E-state index in [1.54, 1.807) is 6.21 Å². The first kappa shape index (κ1) is 17.5. The summed E-state index contributed by atoms with van der Waals surface area (Å²) >= 11 is 2.24. The van der Waals surface area contributed by atoms with Crippen LogP contribution in [0.4, 0.5) is 5.69 Å². The highest BCUT2D eigenvalue weighted by Gasteiger charge is 2.05. The summed E-state index contributed by atoms with van der Waals surface area (Å²) in [5, 5.41) is 8.28.